The van der Waals surface area contributed by atoms with Crippen LogP contribution in [-0.2, 0) is 0 Å². The van der Waals surface area contributed by atoms with Gasteiger partial charge in [-0.1, -0.05) is 189 Å². The van der Waals surface area contributed by atoms with Crippen LogP contribution in [0.25, 0.3) is 72.2 Å². The Morgan fingerprint density at radius 3 is 1.69 bits per heavy atom. The number of hydrogen-bond acceptors (Lipinski definition) is 1. The molecule has 0 spiro atoms. The third kappa shape index (κ3) is 8.63. The lowest BCUT2D eigenvalue weighted by molar-refractivity contribution is 1.05. The van der Waals surface area contributed by atoms with Crippen molar-refractivity contribution in [3.8, 4) is 50.2 Å². The Morgan fingerprint density at radius 2 is 1.09 bits per heavy atom. The van der Waals surface area contributed by atoms with Gasteiger partial charge in [-0.05, 0) is 147 Å². The van der Waals surface area contributed by atoms with Crippen molar-refractivity contribution in [1.82, 2.24) is 4.57 Å². The van der Waals surface area contributed by atoms with E-state index in [0.717, 1.165) is 41.2 Å². The Balaban J connectivity index is 1.07. The summed E-state index contributed by atoms with van der Waals surface area (Å²) >= 11 is 0. The molecule has 8 aromatic carbocycles. The number of rotatable bonds is 12. The first-order valence-electron chi connectivity index (χ1n) is 22.5. The standard InChI is InChI=1S/C63H50N2/c1-3-55(38-27-46(2)47-28-30-50(31-29-47)48-17-8-4-9-18-48)65(57-39-36-53(37-40-57)52-34-32-51(33-35-52)49-19-10-5-11-20-49)58-41-42-60(62(45-58)54-21-12-6-13-22-54)59-25-16-26-63-61(59)43-44-64(63)56-23-14-7-15-24-56/h3-12,14-21,23-45H,1,13,22H2,2H3/b46-27+,55-38+. The van der Waals surface area contributed by atoms with Crippen LogP contribution in [0.3, 0.4) is 0 Å². The molecule has 65 heavy (non-hydrogen) atoms. The molecule has 1 aromatic heterocycles. The normalized spacial score (nSPS) is 12.8. The maximum Gasteiger partial charge on any atom is 0.0534 e. The van der Waals surface area contributed by atoms with Crippen LogP contribution in [0, 0.1) is 0 Å². The lowest BCUT2D eigenvalue weighted by Crippen LogP contribution is -2.15. The number of hydrogen-bond donors (Lipinski definition) is 0. The second-order valence-corrected chi connectivity index (χ2v) is 16.6. The summed E-state index contributed by atoms with van der Waals surface area (Å²) in [4.78, 5) is 2.34. The van der Waals surface area contributed by atoms with E-state index in [1.165, 1.54) is 72.1 Å². The van der Waals surface area contributed by atoms with Gasteiger partial charge >= 0.3 is 0 Å². The largest absolute Gasteiger partial charge is 0.317 e. The van der Waals surface area contributed by atoms with E-state index in [0.29, 0.717) is 0 Å². The van der Waals surface area contributed by atoms with E-state index < -0.39 is 0 Å². The Kier molecular flexibility index (Phi) is 11.7. The predicted molar refractivity (Wildman–Crippen MR) is 278 cm³/mol. The van der Waals surface area contributed by atoms with Crippen molar-refractivity contribution in [2.24, 2.45) is 0 Å². The van der Waals surface area contributed by atoms with Gasteiger partial charge in [0.05, 0.1) is 5.52 Å². The van der Waals surface area contributed by atoms with Crippen molar-refractivity contribution >= 4 is 33.4 Å². The molecule has 0 amide bonds. The van der Waals surface area contributed by atoms with Crippen LogP contribution >= 0.6 is 0 Å². The molecule has 2 nitrogen and oxygen atoms in total. The number of benzene rings is 8. The lowest BCUT2D eigenvalue weighted by atomic mass is 9.88. The van der Waals surface area contributed by atoms with Gasteiger partial charge in [0.15, 0.2) is 0 Å². The first-order chi connectivity index (χ1) is 32.1. The smallest absolute Gasteiger partial charge is 0.0534 e. The summed E-state index contributed by atoms with van der Waals surface area (Å²) in [6, 6.07) is 74.2. The van der Waals surface area contributed by atoms with Crippen molar-refractivity contribution in [3.05, 3.63) is 272 Å². The van der Waals surface area contributed by atoms with Crippen molar-refractivity contribution in [1.29, 1.82) is 0 Å². The molecular weight excluding hydrogens is 785 g/mol. The van der Waals surface area contributed by atoms with Gasteiger partial charge in [-0.15, -0.1) is 0 Å². The van der Waals surface area contributed by atoms with Gasteiger partial charge in [-0.3, -0.25) is 0 Å². The zero-order valence-corrected chi connectivity index (χ0v) is 36.7. The highest BCUT2D eigenvalue weighted by Crippen LogP contribution is 2.42. The van der Waals surface area contributed by atoms with Gasteiger partial charge in [-0.2, -0.15) is 0 Å². The molecule has 0 saturated heterocycles. The summed E-state index contributed by atoms with van der Waals surface area (Å²) in [6.45, 7) is 6.58. The SMILES string of the molecule is C=C/C(=C\C=C(/C)c1ccc(-c2ccccc2)cc1)N(c1ccc(-c2ccc(-c3ccccc3)cc2)cc1)c1ccc(-c2cccc3c2ccn3-c2ccccc2)c(C2=CC=CCC2)c1. The van der Waals surface area contributed by atoms with Crippen molar-refractivity contribution in [2.45, 2.75) is 19.8 Å². The molecule has 1 aliphatic rings. The lowest BCUT2D eigenvalue weighted by Gasteiger charge is -2.28. The van der Waals surface area contributed by atoms with E-state index in [1.807, 2.05) is 6.08 Å². The van der Waals surface area contributed by atoms with E-state index in [4.69, 9.17) is 0 Å². The maximum atomic E-state index is 4.40. The molecule has 0 radical (unpaired) electrons. The predicted octanol–water partition coefficient (Wildman–Crippen LogP) is 17.3. The molecule has 2 heteroatoms. The Morgan fingerprint density at radius 1 is 0.523 bits per heavy atom. The highest BCUT2D eigenvalue weighted by Gasteiger charge is 2.20. The minimum Gasteiger partial charge on any atom is -0.317 e. The monoisotopic (exact) mass is 834 g/mol. The van der Waals surface area contributed by atoms with Crippen LogP contribution < -0.4 is 4.90 Å². The number of allylic oxidation sites excluding steroid dienone is 8. The zero-order valence-electron chi connectivity index (χ0n) is 36.7. The van der Waals surface area contributed by atoms with E-state index >= 15 is 0 Å². The summed E-state index contributed by atoms with van der Waals surface area (Å²) in [5.74, 6) is 0. The van der Waals surface area contributed by atoms with Gasteiger partial charge in [-0.25, -0.2) is 0 Å². The molecule has 10 rings (SSSR count). The second kappa shape index (κ2) is 18.6. The molecule has 0 N–H and O–H groups in total. The van der Waals surface area contributed by atoms with Gasteiger partial charge in [0.1, 0.15) is 0 Å². The second-order valence-electron chi connectivity index (χ2n) is 16.6. The molecule has 0 bridgehead atoms. The van der Waals surface area contributed by atoms with Crippen LogP contribution in [-0.4, -0.2) is 4.57 Å². The van der Waals surface area contributed by atoms with Gasteiger partial charge in [0.2, 0.25) is 0 Å². The van der Waals surface area contributed by atoms with Crippen LogP contribution in [0.2, 0.25) is 0 Å². The Bertz CT molecular complexity index is 3220. The maximum absolute atomic E-state index is 4.40. The zero-order chi connectivity index (χ0) is 44.0. The number of para-hydroxylation sites is 1. The number of fused-ring (bicyclic) bond motifs is 1. The summed E-state index contributed by atoms with van der Waals surface area (Å²) in [7, 11) is 0. The van der Waals surface area contributed by atoms with Gasteiger partial charge < -0.3 is 9.47 Å². The molecule has 0 fully saturated rings. The van der Waals surface area contributed by atoms with E-state index in [-0.39, 0.29) is 0 Å². The van der Waals surface area contributed by atoms with Crippen molar-refractivity contribution in [3.63, 3.8) is 0 Å². The highest BCUT2D eigenvalue weighted by molar-refractivity contribution is 6.00. The third-order valence-corrected chi connectivity index (χ3v) is 12.5. The minimum atomic E-state index is 0.973. The Hall–Kier alpha value is -8.20. The van der Waals surface area contributed by atoms with Crippen LogP contribution in [0.15, 0.2) is 261 Å². The average Bonchev–Trinajstić information content (AvgIpc) is 3.83. The third-order valence-electron chi connectivity index (χ3n) is 12.5. The summed E-state index contributed by atoms with van der Waals surface area (Å²) < 4.78 is 2.28. The molecule has 9 aromatic rings. The van der Waals surface area contributed by atoms with E-state index in [2.05, 4.69) is 266 Å². The first kappa shape index (κ1) is 40.8. The van der Waals surface area contributed by atoms with Gasteiger partial charge in [0.25, 0.3) is 0 Å². The van der Waals surface area contributed by atoms with Crippen LogP contribution in [0.4, 0.5) is 11.4 Å². The van der Waals surface area contributed by atoms with Crippen LogP contribution in [0.1, 0.15) is 30.9 Å². The Labute approximate surface area is 383 Å². The fourth-order valence-electron chi connectivity index (χ4n) is 9.05. The summed E-state index contributed by atoms with van der Waals surface area (Å²) in [6.07, 6.45) is 17.3. The number of anilines is 2. The number of aromatic nitrogens is 1. The van der Waals surface area contributed by atoms with Crippen LogP contribution in [0.5, 0.6) is 0 Å². The summed E-state index contributed by atoms with van der Waals surface area (Å²) in [5.41, 5.74) is 20.0. The molecular formula is C63H50N2. The van der Waals surface area contributed by atoms with E-state index in [1.54, 1.807) is 0 Å². The molecule has 1 heterocycles. The van der Waals surface area contributed by atoms with Gasteiger partial charge in [0, 0.05) is 34.3 Å². The molecule has 0 unspecified atom stereocenters. The molecule has 0 atom stereocenters. The topological polar surface area (TPSA) is 8.17 Å². The fraction of sp³-hybridized carbons (Fsp3) is 0.0476. The molecule has 312 valence electrons. The molecule has 0 aliphatic heterocycles. The summed E-state index contributed by atoms with van der Waals surface area (Å²) in [5, 5.41) is 1.23. The minimum absolute atomic E-state index is 0.973. The van der Waals surface area contributed by atoms with Crippen molar-refractivity contribution in [2.75, 3.05) is 4.90 Å². The molecule has 1 aliphatic carbocycles. The first-order valence-corrected chi connectivity index (χ1v) is 22.5. The average molecular weight is 835 g/mol. The van der Waals surface area contributed by atoms with Crippen molar-refractivity contribution < 1.29 is 0 Å². The fourth-order valence-corrected chi connectivity index (χ4v) is 9.05. The molecule has 0 saturated carbocycles. The number of nitrogens with zero attached hydrogens (tertiary/aromatic N) is 2. The van der Waals surface area contributed by atoms with E-state index in [9.17, 15) is 0 Å². The quantitative estimate of drug-likeness (QED) is 0.111. The highest BCUT2D eigenvalue weighted by atomic mass is 15.1.